The van der Waals surface area contributed by atoms with Crippen molar-refractivity contribution in [2.24, 2.45) is 5.41 Å². The van der Waals surface area contributed by atoms with Gasteiger partial charge >= 0.3 is 0 Å². The first kappa shape index (κ1) is 13.5. The molecule has 1 N–H and O–H groups in total. The predicted molar refractivity (Wildman–Crippen MR) is 73.1 cm³/mol. The summed E-state index contributed by atoms with van der Waals surface area (Å²) in [6, 6.07) is 2.13. The van der Waals surface area contributed by atoms with Crippen LogP contribution in [0.4, 0.5) is 0 Å². The fourth-order valence-electron chi connectivity index (χ4n) is 1.54. The normalized spacial score (nSPS) is 12.1. The number of nitrogens with one attached hydrogen (secondary N) is 1. The Hall–Kier alpha value is 0.430. The van der Waals surface area contributed by atoms with Crippen molar-refractivity contribution in [3.8, 4) is 0 Å². The Morgan fingerprint density at radius 2 is 2.20 bits per heavy atom. The molecule has 0 amide bonds. The van der Waals surface area contributed by atoms with Gasteiger partial charge in [0.25, 0.3) is 0 Å². The fraction of sp³-hybridized carbons (Fsp3) is 0.636. The van der Waals surface area contributed by atoms with Crippen LogP contribution in [0.1, 0.15) is 25.1 Å². The van der Waals surface area contributed by atoms with Crippen LogP contribution in [-0.4, -0.2) is 13.6 Å². The second kappa shape index (κ2) is 5.67. The Labute approximate surface area is 109 Å². The lowest BCUT2D eigenvalue weighted by molar-refractivity contribution is 0.325. The van der Waals surface area contributed by atoms with E-state index in [1.165, 1.54) is 11.3 Å². The molecule has 0 radical (unpaired) electrons. The summed E-state index contributed by atoms with van der Waals surface area (Å²) in [5, 5.41) is 3.23. The largest absolute Gasteiger partial charge is 0.319 e. The van der Waals surface area contributed by atoms with Crippen LogP contribution < -0.4 is 5.32 Å². The van der Waals surface area contributed by atoms with Crippen molar-refractivity contribution >= 4 is 38.9 Å². The van der Waals surface area contributed by atoms with E-state index in [0.717, 1.165) is 21.8 Å². The second-order valence-electron chi connectivity index (χ2n) is 4.53. The van der Waals surface area contributed by atoms with Crippen molar-refractivity contribution in [2.75, 3.05) is 13.6 Å². The molecule has 1 rings (SSSR count). The summed E-state index contributed by atoms with van der Waals surface area (Å²) in [6.45, 7) is 5.62. The Kier molecular flexibility index (Phi) is 5.10. The number of aryl methyl sites for hydroxylation is 1. The summed E-state index contributed by atoms with van der Waals surface area (Å²) in [7, 11) is 2.00. The number of halogens is 2. The van der Waals surface area contributed by atoms with Gasteiger partial charge in [-0.05, 0) is 53.8 Å². The molecule has 0 atom stereocenters. The number of hydrogen-bond acceptors (Lipinski definition) is 2. The maximum Gasteiger partial charge on any atom is 0.107 e. The van der Waals surface area contributed by atoms with E-state index in [-0.39, 0.29) is 0 Å². The van der Waals surface area contributed by atoms with E-state index in [1.54, 1.807) is 11.3 Å². The molecule has 0 spiro atoms. The molecule has 1 heterocycles. The van der Waals surface area contributed by atoms with E-state index in [2.05, 4.69) is 41.2 Å². The first-order chi connectivity index (χ1) is 6.94. The van der Waals surface area contributed by atoms with Crippen molar-refractivity contribution in [3.05, 3.63) is 19.8 Å². The van der Waals surface area contributed by atoms with Crippen LogP contribution >= 0.6 is 38.9 Å². The summed E-state index contributed by atoms with van der Waals surface area (Å²) >= 11 is 11.1. The minimum atomic E-state index is 0.345. The molecule has 86 valence electrons. The van der Waals surface area contributed by atoms with Gasteiger partial charge in [-0.15, -0.1) is 11.3 Å². The highest BCUT2D eigenvalue weighted by molar-refractivity contribution is 9.10. The lowest BCUT2D eigenvalue weighted by atomic mass is 9.87. The summed E-state index contributed by atoms with van der Waals surface area (Å²) in [4.78, 5) is 1.36. The van der Waals surface area contributed by atoms with Crippen LogP contribution in [0.25, 0.3) is 0 Å². The second-order valence-corrected chi connectivity index (χ2v) is 7.12. The quantitative estimate of drug-likeness (QED) is 0.853. The molecule has 0 saturated heterocycles. The van der Waals surface area contributed by atoms with Crippen LogP contribution in [0.15, 0.2) is 10.5 Å². The van der Waals surface area contributed by atoms with E-state index in [1.807, 2.05) is 7.05 Å². The molecule has 0 unspecified atom stereocenters. The topological polar surface area (TPSA) is 12.0 Å². The number of hydrogen-bond donors (Lipinski definition) is 1. The van der Waals surface area contributed by atoms with E-state index in [9.17, 15) is 0 Å². The highest BCUT2D eigenvalue weighted by Crippen LogP contribution is 2.34. The zero-order valence-electron chi connectivity index (χ0n) is 9.36. The molecule has 0 aromatic carbocycles. The molecule has 4 heteroatoms. The van der Waals surface area contributed by atoms with Gasteiger partial charge in [0.15, 0.2) is 0 Å². The first-order valence-corrected chi connectivity index (χ1v) is 7.02. The van der Waals surface area contributed by atoms with Crippen LogP contribution in [0, 0.1) is 5.41 Å². The Morgan fingerprint density at radius 3 is 2.67 bits per heavy atom. The van der Waals surface area contributed by atoms with Gasteiger partial charge in [-0.2, -0.15) is 0 Å². The third-order valence-electron chi connectivity index (χ3n) is 2.40. The maximum atomic E-state index is 6.00. The molecule has 15 heavy (non-hydrogen) atoms. The van der Waals surface area contributed by atoms with Crippen molar-refractivity contribution in [2.45, 2.75) is 26.7 Å². The van der Waals surface area contributed by atoms with Gasteiger partial charge in [0, 0.05) is 9.35 Å². The van der Waals surface area contributed by atoms with Crippen molar-refractivity contribution < 1.29 is 0 Å². The van der Waals surface area contributed by atoms with Crippen molar-refractivity contribution in [3.63, 3.8) is 0 Å². The van der Waals surface area contributed by atoms with Crippen molar-refractivity contribution in [1.82, 2.24) is 5.32 Å². The fourth-order valence-corrected chi connectivity index (χ4v) is 3.33. The molecule has 0 aliphatic carbocycles. The number of rotatable bonds is 5. The van der Waals surface area contributed by atoms with Gasteiger partial charge in [0.2, 0.25) is 0 Å². The van der Waals surface area contributed by atoms with Gasteiger partial charge in [-0.25, -0.2) is 0 Å². The van der Waals surface area contributed by atoms with Gasteiger partial charge < -0.3 is 5.32 Å². The van der Waals surface area contributed by atoms with E-state index in [4.69, 9.17) is 11.6 Å². The Morgan fingerprint density at radius 1 is 1.53 bits per heavy atom. The molecule has 0 fully saturated rings. The van der Waals surface area contributed by atoms with Crippen LogP contribution in [0.5, 0.6) is 0 Å². The maximum absolute atomic E-state index is 6.00. The predicted octanol–water partition coefficient (Wildman–Crippen LogP) is 4.34. The van der Waals surface area contributed by atoms with Crippen molar-refractivity contribution in [1.29, 1.82) is 0 Å². The SMILES string of the molecule is CNCC(C)(C)CCc1cc(Br)c(Cl)s1. The third kappa shape index (κ3) is 4.43. The molecule has 0 saturated carbocycles. The summed E-state index contributed by atoms with van der Waals surface area (Å²) in [6.07, 6.45) is 2.28. The monoisotopic (exact) mass is 309 g/mol. The minimum Gasteiger partial charge on any atom is -0.319 e. The molecular weight excluding hydrogens is 294 g/mol. The average Bonchev–Trinajstić information content (AvgIpc) is 2.44. The van der Waals surface area contributed by atoms with Gasteiger partial charge in [0.1, 0.15) is 4.34 Å². The highest BCUT2D eigenvalue weighted by atomic mass is 79.9. The van der Waals surface area contributed by atoms with Crippen LogP contribution in [0.3, 0.4) is 0 Å². The summed E-state index contributed by atoms with van der Waals surface area (Å²) in [5.74, 6) is 0. The van der Waals surface area contributed by atoms with E-state index in [0.29, 0.717) is 5.41 Å². The zero-order valence-corrected chi connectivity index (χ0v) is 12.5. The molecule has 1 aromatic heterocycles. The van der Waals surface area contributed by atoms with E-state index < -0.39 is 0 Å². The molecule has 1 nitrogen and oxygen atoms in total. The molecule has 1 aromatic rings. The Balaban J connectivity index is 2.49. The van der Waals surface area contributed by atoms with Gasteiger partial charge in [-0.3, -0.25) is 0 Å². The molecular formula is C11H17BrClNS. The minimum absolute atomic E-state index is 0.345. The smallest absolute Gasteiger partial charge is 0.107 e. The average molecular weight is 311 g/mol. The molecule has 0 aliphatic heterocycles. The molecule has 0 bridgehead atoms. The van der Waals surface area contributed by atoms with Gasteiger partial charge in [0.05, 0.1) is 0 Å². The lowest BCUT2D eigenvalue weighted by Gasteiger charge is -2.23. The van der Waals surface area contributed by atoms with Crippen LogP contribution in [-0.2, 0) is 6.42 Å². The zero-order chi connectivity index (χ0) is 11.5. The van der Waals surface area contributed by atoms with Crippen LogP contribution in [0.2, 0.25) is 4.34 Å². The van der Waals surface area contributed by atoms with Gasteiger partial charge in [-0.1, -0.05) is 25.4 Å². The lowest BCUT2D eigenvalue weighted by Crippen LogP contribution is -2.27. The summed E-state index contributed by atoms with van der Waals surface area (Å²) < 4.78 is 1.88. The summed E-state index contributed by atoms with van der Waals surface area (Å²) in [5.41, 5.74) is 0.345. The molecule has 0 aliphatic rings. The van der Waals surface area contributed by atoms with E-state index >= 15 is 0 Å². The first-order valence-electron chi connectivity index (χ1n) is 5.03. The third-order valence-corrected chi connectivity index (χ3v) is 4.93. The Bertz CT molecular complexity index is 303. The highest BCUT2D eigenvalue weighted by Gasteiger charge is 2.17. The standard InChI is InChI=1S/C11H17BrClNS/c1-11(2,7-14-3)5-4-8-6-9(12)10(13)15-8/h6,14H,4-5,7H2,1-3H3. The number of thiophene rings is 1.